The molecule has 3 saturated heterocycles. The molecule has 3 aliphatic heterocycles. The summed E-state index contributed by atoms with van der Waals surface area (Å²) in [6.07, 6.45) is 6.81. The van der Waals surface area contributed by atoms with Gasteiger partial charge in [0.2, 0.25) is 5.91 Å². The molecule has 0 N–H and O–H groups in total. The average molecular weight is 344 g/mol. The molecule has 0 radical (unpaired) electrons. The fraction of sp³-hybridized carbons (Fsp3) is 0.737. The largest absolute Gasteiger partial charge is 0.381 e. The molecular weight excluding hydrogens is 316 g/mol. The van der Waals surface area contributed by atoms with Crippen LogP contribution in [0, 0.1) is 19.3 Å². The standard InChI is InChI=1S/C19H28N4O2/c1-14-12-20-15(2)17(21-14)22-9-7-19(13-22)6-3-8-23(18(19)24)16-4-10-25-11-5-16/h12,16H,3-11,13H2,1-2H3/t19-/m1/s1. The minimum atomic E-state index is -0.228. The van der Waals surface area contributed by atoms with Crippen molar-refractivity contribution in [2.45, 2.75) is 52.0 Å². The summed E-state index contributed by atoms with van der Waals surface area (Å²) < 4.78 is 5.48. The molecule has 0 saturated carbocycles. The number of piperidine rings is 1. The van der Waals surface area contributed by atoms with E-state index in [1.54, 1.807) is 0 Å². The molecule has 4 heterocycles. The fourth-order valence-corrected chi connectivity index (χ4v) is 4.70. The van der Waals surface area contributed by atoms with Gasteiger partial charge in [-0.05, 0) is 46.0 Å². The van der Waals surface area contributed by atoms with Crippen molar-refractivity contribution in [3.05, 3.63) is 17.6 Å². The number of hydrogen-bond acceptors (Lipinski definition) is 5. The van der Waals surface area contributed by atoms with E-state index >= 15 is 0 Å². The molecule has 1 amide bonds. The number of carbonyl (C=O) groups excluding carboxylic acids is 1. The monoisotopic (exact) mass is 344 g/mol. The van der Waals surface area contributed by atoms with Crippen molar-refractivity contribution in [1.82, 2.24) is 14.9 Å². The second-order valence-electron chi connectivity index (χ2n) is 7.82. The molecule has 1 aromatic heterocycles. The lowest BCUT2D eigenvalue weighted by Gasteiger charge is -2.44. The van der Waals surface area contributed by atoms with E-state index in [1.165, 1.54) is 0 Å². The Labute approximate surface area is 149 Å². The van der Waals surface area contributed by atoms with E-state index in [9.17, 15) is 4.79 Å². The zero-order chi connectivity index (χ0) is 17.4. The maximum absolute atomic E-state index is 13.4. The SMILES string of the molecule is Cc1cnc(C)c(N2CC[C@]3(CCCN(C4CCOCC4)C3=O)C2)n1. The molecule has 0 aliphatic carbocycles. The Morgan fingerprint density at radius 3 is 2.80 bits per heavy atom. The van der Waals surface area contributed by atoms with Crippen LogP contribution in [0.4, 0.5) is 5.82 Å². The summed E-state index contributed by atoms with van der Waals surface area (Å²) in [7, 11) is 0. The van der Waals surface area contributed by atoms with Crippen LogP contribution >= 0.6 is 0 Å². The third-order valence-corrected chi connectivity index (χ3v) is 6.10. The first kappa shape index (κ1) is 16.8. The van der Waals surface area contributed by atoms with Gasteiger partial charge < -0.3 is 14.5 Å². The zero-order valence-corrected chi connectivity index (χ0v) is 15.3. The third-order valence-electron chi connectivity index (χ3n) is 6.10. The van der Waals surface area contributed by atoms with Gasteiger partial charge in [-0.3, -0.25) is 9.78 Å². The normalized spacial score (nSPS) is 28.2. The molecular formula is C19H28N4O2. The van der Waals surface area contributed by atoms with E-state index < -0.39 is 0 Å². The number of amides is 1. The second-order valence-corrected chi connectivity index (χ2v) is 7.82. The topological polar surface area (TPSA) is 58.6 Å². The highest BCUT2D eigenvalue weighted by molar-refractivity contribution is 5.85. The van der Waals surface area contributed by atoms with Gasteiger partial charge in [0.05, 0.1) is 16.8 Å². The number of hydrogen-bond donors (Lipinski definition) is 0. The lowest BCUT2D eigenvalue weighted by Crippen LogP contribution is -2.54. The van der Waals surface area contributed by atoms with Crippen molar-refractivity contribution in [3.63, 3.8) is 0 Å². The second kappa shape index (κ2) is 6.56. The Bertz CT molecular complexity index is 659. The molecule has 1 aromatic rings. The van der Waals surface area contributed by atoms with Crippen LogP contribution in [-0.2, 0) is 9.53 Å². The first-order valence-corrected chi connectivity index (χ1v) is 9.53. The van der Waals surface area contributed by atoms with Gasteiger partial charge in [-0.25, -0.2) is 4.98 Å². The summed E-state index contributed by atoms with van der Waals surface area (Å²) in [6, 6.07) is 0.368. The van der Waals surface area contributed by atoms with Crippen molar-refractivity contribution in [3.8, 4) is 0 Å². The van der Waals surface area contributed by atoms with Gasteiger partial charge in [0.15, 0.2) is 0 Å². The molecule has 0 bridgehead atoms. The molecule has 4 rings (SSSR count). The van der Waals surface area contributed by atoms with Crippen molar-refractivity contribution in [2.75, 3.05) is 37.7 Å². The quantitative estimate of drug-likeness (QED) is 0.822. The summed E-state index contributed by atoms with van der Waals surface area (Å²) in [5.41, 5.74) is 1.65. The number of carbonyl (C=O) groups is 1. The van der Waals surface area contributed by atoms with E-state index in [-0.39, 0.29) is 5.41 Å². The molecule has 3 fully saturated rings. The van der Waals surface area contributed by atoms with Gasteiger partial charge in [0.25, 0.3) is 0 Å². The highest BCUT2D eigenvalue weighted by Gasteiger charge is 2.50. The maximum Gasteiger partial charge on any atom is 0.230 e. The van der Waals surface area contributed by atoms with Crippen LogP contribution in [0.25, 0.3) is 0 Å². The first-order valence-electron chi connectivity index (χ1n) is 9.53. The summed E-state index contributed by atoms with van der Waals surface area (Å²) >= 11 is 0. The molecule has 3 aliphatic rings. The summed E-state index contributed by atoms with van der Waals surface area (Å²) in [6.45, 7) is 8.13. The average Bonchev–Trinajstić information content (AvgIpc) is 3.05. The van der Waals surface area contributed by atoms with Gasteiger partial charge in [0, 0.05) is 45.1 Å². The number of rotatable bonds is 2. The van der Waals surface area contributed by atoms with Crippen LogP contribution in [0.1, 0.15) is 43.5 Å². The number of ether oxygens (including phenoxy) is 1. The Balaban J connectivity index is 1.54. The van der Waals surface area contributed by atoms with Crippen LogP contribution in [0.3, 0.4) is 0 Å². The molecule has 6 nitrogen and oxygen atoms in total. The maximum atomic E-state index is 13.4. The van der Waals surface area contributed by atoms with E-state index in [4.69, 9.17) is 4.74 Å². The fourth-order valence-electron chi connectivity index (χ4n) is 4.70. The van der Waals surface area contributed by atoms with Crippen LogP contribution in [0.2, 0.25) is 0 Å². The Hall–Kier alpha value is -1.69. The summed E-state index contributed by atoms with van der Waals surface area (Å²) in [5, 5.41) is 0. The van der Waals surface area contributed by atoms with E-state index in [0.717, 1.165) is 82.2 Å². The van der Waals surface area contributed by atoms with Gasteiger partial charge in [-0.15, -0.1) is 0 Å². The molecule has 136 valence electrons. The van der Waals surface area contributed by atoms with Crippen molar-refractivity contribution < 1.29 is 9.53 Å². The smallest absolute Gasteiger partial charge is 0.230 e. The van der Waals surface area contributed by atoms with Crippen LogP contribution < -0.4 is 4.90 Å². The van der Waals surface area contributed by atoms with Gasteiger partial charge in [0.1, 0.15) is 5.82 Å². The molecule has 6 heteroatoms. The number of anilines is 1. The lowest BCUT2D eigenvalue weighted by molar-refractivity contribution is -0.149. The number of likely N-dealkylation sites (tertiary alicyclic amines) is 1. The Kier molecular flexibility index (Phi) is 4.40. The number of aryl methyl sites for hydroxylation is 2. The zero-order valence-electron chi connectivity index (χ0n) is 15.3. The van der Waals surface area contributed by atoms with E-state index in [1.807, 2.05) is 20.0 Å². The van der Waals surface area contributed by atoms with E-state index in [0.29, 0.717) is 11.9 Å². The van der Waals surface area contributed by atoms with E-state index in [2.05, 4.69) is 19.8 Å². The molecule has 1 spiro atoms. The predicted molar refractivity (Wildman–Crippen MR) is 95.6 cm³/mol. The van der Waals surface area contributed by atoms with Gasteiger partial charge in [-0.2, -0.15) is 0 Å². The minimum absolute atomic E-state index is 0.228. The number of nitrogens with zero attached hydrogens (tertiary/aromatic N) is 4. The molecule has 1 atom stereocenters. The molecule has 0 aromatic carbocycles. The van der Waals surface area contributed by atoms with Gasteiger partial charge >= 0.3 is 0 Å². The lowest BCUT2D eigenvalue weighted by atomic mass is 9.77. The highest BCUT2D eigenvalue weighted by atomic mass is 16.5. The molecule has 25 heavy (non-hydrogen) atoms. The summed E-state index contributed by atoms with van der Waals surface area (Å²) in [5.74, 6) is 1.32. The van der Waals surface area contributed by atoms with Crippen LogP contribution in [-0.4, -0.2) is 59.7 Å². The third kappa shape index (κ3) is 3.01. The van der Waals surface area contributed by atoms with Crippen molar-refractivity contribution >= 4 is 11.7 Å². The summed E-state index contributed by atoms with van der Waals surface area (Å²) in [4.78, 5) is 27.0. The minimum Gasteiger partial charge on any atom is -0.381 e. The van der Waals surface area contributed by atoms with Crippen molar-refractivity contribution in [1.29, 1.82) is 0 Å². The van der Waals surface area contributed by atoms with Crippen LogP contribution in [0.5, 0.6) is 0 Å². The number of aromatic nitrogens is 2. The molecule has 0 unspecified atom stereocenters. The van der Waals surface area contributed by atoms with Crippen molar-refractivity contribution in [2.24, 2.45) is 5.41 Å². The Morgan fingerprint density at radius 2 is 2.00 bits per heavy atom. The van der Waals surface area contributed by atoms with Crippen LogP contribution in [0.15, 0.2) is 6.20 Å². The predicted octanol–water partition coefficient (Wildman–Crippen LogP) is 2.09. The highest BCUT2D eigenvalue weighted by Crippen LogP contribution is 2.42. The first-order chi connectivity index (χ1) is 12.1. The Morgan fingerprint density at radius 1 is 1.20 bits per heavy atom. The van der Waals surface area contributed by atoms with Gasteiger partial charge in [-0.1, -0.05) is 0 Å².